The van der Waals surface area contributed by atoms with Gasteiger partial charge in [-0.15, -0.1) is 0 Å². The fourth-order valence-electron chi connectivity index (χ4n) is 6.14. The first-order valence-corrected chi connectivity index (χ1v) is 14.9. The molecule has 0 unspecified atom stereocenters. The van der Waals surface area contributed by atoms with Crippen molar-refractivity contribution < 1.29 is 4.39 Å². The van der Waals surface area contributed by atoms with Gasteiger partial charge in [0.2, 0.25) is 0 Å². The van der Waals surface area contributed by atoms with Gasteiger partial charge in [0, 0.05) is 0 Å². The van der Waals surface area contributed by atoms with E-state index >= 15 is 0 Å². The number of aryl methyl sites for hydroxylation is 1. The lowest BCUT2D eigenvalue weighted by Crippen LogP contribution is -2.14. The van der Waals surface area contributed by atoms with E-state index in [0.29, 0.717) is 0 Å². The molecule has 0 N–H and O–H groups in total. The SMILES string of the molecule is CCCCCCCc1ccc(C2CCC(/C=C/C3CCC(CCC=CC=C(F)C#N)CC3)CC2)cc1. The van der Waals surface area contributed by atoms with E-state index in [0.717, 1.165) is 30.1 Å². The second-order valence-electron chi connectivity index (χ2n) is 11.3. The molecule has 0 heterocycles. The summed E-state index contributed by atoms with van der Waals surface area (Å²) in [7, 11) is 0. The smallest absolute Gasteiger partial charge is 0.195 e. The summed E-state index contributed by atoms with van der Waals surface area (Å²) in [4.78, 5) is 0. The zero-order valence-corrected chi connectivity index (χ0v) is 22.6. The zero-order chi connectivity index (χ0) is 25.4. The Balaban J connectivity index is 1.30. The van der Waals surface area contributed by atoms with Gasteiger partial charge in [0.15, 0.2) is 5.83 Å². The van der Waals surface area contributed by atoms with Crippen LogP contribution in [0.4, 0.5) is 4.39 Å². The molecule has 2 aliphatic carbocycles. The molecule has 2 fully saturated rings. The molecule has 0 spiro atoms. The number of nitrogens with zero attached hydrogens (tertiary/aromatic N) is 1. The van der Waals surface area contributed by atoms with Crippen molar-refractivity contribution in [2.75, 3.05) is 0 Å². The molecule has 1 aromatic carbocycles. The molecule has 1 aromatic rings. The first-order chi connectivity index (χ1) is 17.7. The second kappa shape index (κ2) is 16.6. The lowest BCUT2D eigenvalue weighted by atomic mass is 9.76. The minimum absolute atomic E-state index is 0.718. The molecule has 3 rings (SSSR count). The van der Waals surface area contributed by atoms with Crippen LogP contribution in [0, 0.1) is 29.1 Å². The van der Waals surface area contributed by atoms with E-state index in [1.165, 1.54) is 114 Å². The number of hydrogen-bond donors (Lipinski definition) is 0. The summed E-state index contributed by atoms with van der Waals surface area (Å²) >= 11 is 0. The molecule has 0 aromatic heterocycles. The minimum Gasteiger partial charge on any atom is -0.195 e. The number of allylic oxidation sites excluding steroid dienone is 6. The Morgan fingerprint density at radius 1 is 0.889 bits per heavy atom. The van der Waals surface area contributed by atoms with Gasteiger partial charge in [-0.3, -0.25) is 0 Å². The summed E-state index contributed by atoms with van der Waals surface area (Å²) in [6.07, 6.45) is 30.8. The first-order valence-electron chi connectivity index (χ1n) is 14.9. The lowest BCUT2D eigenvalue weighted by molar-refractivity contribution is 0.295. The van der Waals surface area contributed by atoms with Gasteiger partial charge in [-0.1, -0.05) is 81.2 Å². The third-order valence-electron chi connectivity index (χ3n) is 8.57. The molecule has 0 amide bonds. The number of nitriles is 1. The van der Waals surface area contributed by atoms with Crippen molar-refractivity contribution in [2.24, 2.45) is 17.8 Å². The molecular weight excluding hydrogens is 441 g/mol. The van der Waals surface area contributed by atoms with Gasteiger partial charge in [0.25, 0.3) is 0 Å². The number of unbranched alkanes of at least 4 members (excludes halogenated alkanes) is 4. The maximum atomic E-state index is 12.8. The van der Waals surface area contributed by atoms with Gasteiger partial charge in [0.05, 0.1) is 0 Å². The van der Waals surface area contributed by atoms with Crippen molar-refractivity contribution in [2.45, 2.75) is 116 Å². The Labute approximate surface area is 220 Å². The Hall–Kier alpha value is -2.14. The highest BCUT2D eigenvalue weighted by Crippen LogP contribution is 2.38. The van der Waals surface area contributed by atoms with Crippen LogP contribution >= 0.6 is 0 Å². The Morgan fingerprint density at radius 3 is 2.17 bits per heavy atom. The fourth-order valence-corrected chi connectivity index (χ4v) is 6.14. The van der Waals surface area contributed by atoms with Crippen LogP contribution in [-0.2, 0) is 6.42 Å². The quantitative estimate of drug-likeness (QED) is 0.117. The summed E-state index contributed by atoms with van der Waals surface area (Å²) < 4.78 is 12.8. The maximum absolute atomic E-state index is 12.8. The molecule has 0 atom stereocenters. The lowest BCUT2D eigenvalue weighted by Gasteiger charge is -2.29. The van der Waals surface area contributed by atoms with Crippen molar-refractivity contribution in [1.82, 2.24) is 0 Å². The average Bonchev–Trinajstić information content (AvgIpc) is 2.93. The summed E-state index contributed by atoms with van der Waals surface area (Å²) in [6, 6.07) is 11.1. The average molecular weight is 490 g/mol. The molecule has 0 saturated heterocycles. The van der Waals surface area contributed by atoms with Gasteiger partial charge in [0.1, 0.15) is 6.07 Å². The number of halogens is 1. The fraction of sp³-hybridized carbons (Fsp3) is 0.618. The molecule has 2 saturated carbocycles. The molecule has 2 aliphatic rings. The Bertz CT molecular complexity index is 855. The molecule has 0 aliphatic heterocycles. The van der Waals surface area contributed by atoms with E-state index in [-0.39, 0.29) is 0 Å². The molecule has 2 heteroatoms. The number of rotatable bonds is 13. The molecule has 0 radical (unpaired) electrons. The van der Waals surface area contributed by atoms with Crippen LogP contribution in [0.15, 0.2) is 60.5 Å². The largest absolute Gasteiger partial charge is 0.199 e. The molecule has 1 nitrogen and oxygen atoms in total. The van der Waals surface area contributed by atoms with Crippen LogP contribution in [0.5, 0.6) is 0 Å². The van der Waals surface area contributed by atoms with Gasteiger partial charge in [-0.25, -0.2) is 0 Å². The van der Waals surface area contributed by atoms with Crippen LogP contribution in [0.2, 0.25) is 0 Å². The summed E-state index contributed by atoms with van der Waals surface area (Å²) in [5, 5.41) is 8.42. The van der Waals surface area contributed by atoms with Crippen molar-refractivity contribution in [3.8, 4) is 6.07 Å². The highest BCUT2D eigenvalue weighted by Gasteiger charge is 2.22. The predicted molar refractivity (Wildman–Crippen MR) is 151 cm³/mol. The predicted octanol–water partition coefficient (Wildman–Crippen LogP) is 10.5. The van der Waals surface area contributed by atoms with Gasteiger partial charge >= 0.3 is 0 Å². The summed E-state index contributed by atoms with van der Waals surface area (Å²) in [5.74, 6) is 2.37. The maximum Gasteiger partial charge on any atom is 0.199 e. The standard InChI is InChI=1S/C34H48FN/c1-2-3-4-5-7-10-29-19-23-32(24-20-29)33-25-21-31(22-26-33)18-17-30-15-13-28(14-16-30)11-8-6-9-12-34(35)27-36/h6,9,12,17-20,23-24,28,30-31,33H,2-5,7-8,10-11,13-16,21-22,25-26H2,1H3/b9-6?,18-17+,34-12?. The third-order valence-corrected chi connectivity index (χ3v) is 8.57. The van der Waals surface area contributed by atoms with Crippen LogP contribution in [0.25, 0.3) is 0 Å². The van der Waals surface area contributed by atoms with Crippen LogP contribution < -0.4 is 0 Å². The van der Waals surface area contributed by atoms with Gasteiger partial charge in [-0.05, 0) is 118 Å². The topological polar surface area (TPSA) is 23.8 Å². The Morgan fingerprint density at radius 2 is 1.53 bits per heavy atom. The van der Waals surface area contributed by atoms with E-state index in [1.807, 2.05) is 6.08 Å². The van der Waals surface area contributed by atoms with E-state index in [1.54, 1.807) is 11.6 Å². The zero-order valence-electron chi connectivity index (χ0n) is 22.6. The first kappa shape index (κ1) is 28.4. The third kappa shape index (κ3) is 10.5. The highest BCUT2D eigenvalue weighted by molar-refractivity contribution is 5.26. The van der Waals surface area contributed by atoms with Crippen molar-refractivity contribution >= 4 is 0 Å². The van der Waals surface area contributed by atoms with E-state index in [4.69, 9.17) is 5.26 Å². The van der Waals surface area contributed by atoms with E-state index in [9.17, 15) is 4.39 Å². The second-order valence-corrected chi connectivity index (χ2v) is 11.3. The van der Waals surface area contributed by atoms with Crippen LogP contribution in [-0.4, -0.2) is 0 Å². The number of benzene rings is 1. The van der Waals surface area contributed by atoms with E-state index in [2.05, 4.69) is 43.3 Å². The van der Waals surface area contributed by atoms with Gasteiger partial charge in [-0.2, -0.15) is 9.65 Å². The molecular formula is C34H48FN. The van der Waals surface area contributed by atoms with Crippen molar-refractivity contribution in [3.05, 3.63) is 71.6 Å². The van der Waals surface area contributed by atoms with Crippen molar-refractivity contribution in [3.63, 3.8) is 0 Å². The molecule has 36 heavy (non-hydrogen) atoms. The summed E-state index contributed by atoms with van der Waals surface area (Å²) in [5.41, 5.74) is 3.08. The van der Waals surface area contributed by atoms with Crippen molar-refractivity contribution in [1.29, 1.82) is 5.26 Å². The highest BCUT2D eigenvalue weighted by atomic mass is 19.1. The number of hydrogen-bond acceptors (Lipinski definition) is 1. The molecule has 0 bridgehead atoms. The minimum atomic E-state index is -0.718. The van der Waals surface area contributed by atoms with Crippen LogP contribution in [0.1, 0.15) is 120 Å². The summed E-state index contributed by atoms with van der Waals surface area (Å²) in [6.45, 7) is 2.28. The monoisotopic (exact) mass is 489 g/mol. The van der Waals surface area contributed by atoms with Crippen LogP contribution in [0.3, 0.4) is 0 Å². The van der Waals surface area contributed by atoms with Gasteiger partial charge < -0.3 is 0 Å². The molecule has 196 valence electrons. The Kier molecular flexibility index (Phi) is 13.1. The van der Waals surface area contributed by atoms with E-state index < -0.39 is 5.83 Å². The normalized spacial score (nSPS) is 25.4.